The number of hydrogen-bond donors (Lipinski definition) is 0. The predicted molar refractivity (Wildman–Crippen MR) is 76.2 cm³/mol. The van der Waals surface area contributed by atoms with E-state index in [-0.39, 0.29) is 23.7 Å². The molecule has 0 saturated carbocycles. The fourth-order valence-electron chi connectivity index (χ4n) is 2.09. The Morgan fingerprint density at radius 3 is 2.48 bits per heavy atom. The average Bonchev–Trinajstić information content (AvgIpc) is 2.65. The zero-order valence-electron chi connectivity index (χ0n) is 13.3. The van der Waals surface area contributed by atoms with E-state index in [1.54, 1.807) is 6.26 Å². The SMILES string of the molecule is CC(COC=O)C1OC=C(B2OC(C)(C)C(C)(C)O2)CO1. The lowest BCUT2D eigenvalue weighted by Gasteiger charge is -2.32. The van der Waals surface area contributed by atoms with E-state index in [2.05, 4.69) is 0 Å². The highest BCUT2D eigenvalue weighted by Gasteiger charge is 2.53. The Hall–Kier alpha value is -1.05. The van der Waals surface area contributed by atoms with Gasteiger partial charge in [0.25, 0.3) is 6.47 Å². The van der Waals surface area contributed by atoms with Crippen LogP contribution in [-0.4, -0.2) is 44.3 Å². The van der Waals surface area contributed by atoms with Crippen LogP contribution < -0.4 is 0 Å². The van der Waals surface area contributed by atoms with E-state index >= 15 is 0 Å². The summed E-state index contributed by atoms with van der Waals surface area (Å²) in [6.45, 7) is 10.9. The maximum atomic E-state index is 10.2. The van der Waals surface area contributed by atoms with Gasteiger partial charge in [-0.1, -0.05) is 6.92 Å². The summed E-state index contributed by atoms with van der Waals surface area (Å²) in [6.07, 6.45) is 1.20. The lowest BCUT2D eigenvalue weighted by atomic mass is 9.79. The number of carbonyl (C=O) groups is 1. The summed E-state index contributed by atoms with van der Waals surface area (Å²) >= 11 is 0. The molecule has 2 aliphatic rings. The van der Waals surface area contributed by atoms with E-state index in [1.165, 1.54) is 0 Å². The van der Waals surface area contributed by atoms with Crippen LogP contribution in [0, 0.1) is 5.92 Å². The van der Waals surface area contributed by atoms with Gasteiger partial charge >= 0.3 is 7.12 Å². The van der Waals surface area contributed by atoms with Crippen molar-refractivity contribution in [2.24, 2.45) is 5.92 Å². The summed E-state index contributed by atoms with van der Waals surface area (Å²) in [5.41, 5.74) is 0.0364. The van der Waals surface area contributed by atoms with Gasteiger partial charge in [0.05, 0.1) is 36.6 Å². The van der Waals surface area contributed by atoms with Crippen molar-refractivity contribution < 1.29 is 28.3 Å². The summed E-state index contributed by atoms with van der Waals surface area (Å²) < 4.78 is 27.8. The number of ether oxygens (including phenoxy) is 3. The van der Waals surface area contributed by atoms with Gasteiger partial charge in [-0.2, -0.15) is 0 Å². The van der Waals surface area contributed by atoms with Crippen molar-refractivity contribution in [1.82, 2.24) is 0 Å². The molecule has 2 aliphatic heterocycles. The first-order chi connectivity index (χ1) is 9.77. The molecule has 6 nitrogen and oxygen atoms in total. The number of carbonyl (C=O) groups excluding carboxylic acids is 1. The van der Waals surface area contributed by atoms with Gasteiger partial charge in [-0.25, -0.2) is 0 Å². The average molecular weight is 298 g/mol. The Bertz CT molecular complexity index is 404. The first-order valence-electron chi connectivity index (χ1n) is 7.14. The van der Waals surface area contributed by atoms with Crippen LogP contribution in [0.1, 0.15) is 34.6 Å². The predicted octanol–water partition coefficient (Wildman–Crippen LogP) is 1.68. The molecule has 7 heteroatoms. The zero-order valence-corrected chi connectivity index (χ0v) is 13.3. The van der Waals surface area contributed by atoms with Crippen LogP contribution in [0.4, 0.5) is 0 Å². The smallest absolute Gasteiger partial charge is 0.473 e. The lowest BCUT2D eigenvalue weighted by Crippen LogP contribution is -2.41. The molecular formula is C14H23BO6. The van der Waals surface area contributed by atoms with Crippen LogP contribution in [0.15, 0.2) is 11.7 Å². The molecule has 2 unspecified atom stereocenters. The molecule has 0 aliphatic carbocycles. The zero-order chi connectivity index (χ0) is 15.7. The van der Waals surface area contributed by atoms with Crippen molar-refractivity contribution >= 4 is 13.6 Å². The van der Waals surface area contributed by atoms with Crippen molar-refractivity contribution in [3.8, 4) is 0 Å². The fraction of sp³-hybridized carbons (Fsp3) is 0.786. The van der Waals surface area contributed by atoms with Gasteiger partial charge in [0.1, 0.15) is 0 Å². The quantitative estimate of drug-likeness (QED) is 0.568. The van der Waals surface area contributed by atoms with Gasteiger partial charge in [0.15, 0.2) is 0 Å². The standard InChI is InChI=1S/C14H23BO6/c1-10(6-17-9-16)12-18-7-11(8-19-12)15-20-13(2,3)14(4,5)21-15/h7,9-10,12H,6,8H2,1-5H3. The summed E-state index contributed by atoms with van der Waals surface area (Å²) in [6, 6.07) is 0. The Morgan fingerprint density at radius 1 is 1.38 bits per heavy atom. The van der Waals surface area contributed by atoms with Crippen molar-refractivity contribution in [3.05, 3.63) is 11.7 Å². The molecule has 0 radical (unpaired) electrons. The second-order valence-corrected chi connectivity index (χ2v) is 6.50. The third kappa shape index (κ3) is 3.41. The highest BCUT2D eigenvalue weighted by Crippen LogP contribution is 2.39. The Morgan fingerprint density at radius 2 is 2.00 bits per heavy atom. The van der Waals surface area contributed by atoms with Crippen molar-refractivity contribution in [2.75, 3.05) is 13.2 Å². The maximum absolute atomic E-state index is 10.2. The molecule has 0 aromatic heterocycles. The van der Waals surface area contributed by atoms with Gasteiger partial charge in [0.2, 0.25) is 6.29 Å². The van der Waals surface area contributed by atoms with Crippen LogP contribution in [0.3, 0.4) is 0 Å². The van der Waals surface area contributed by atoms with Crippen molar-refractivity contribution in [2.45, 2.75) is 52.1 Å². The first kappa shape index (κ1) is 16.3. The normalized spacial score (nSPS) is 28.5. The summed E-state index contributed by atoms with van der Waals surface area (Å²) in [4.78, 5) is 10.2. The Labute approximate surface area is 125 Å². The molecule has 2 atom stereocenters. The van der Waals surface area contributed by atoms with Crippen LogP contribution in [0.25, 0.3) is 0 Å². The van der Waals surface area contributed by atoms with E-state index < -0.39 is 13.4 Å². The minimum absolute atomic E-state index is 0.0497. The molecule has 0 aromatic rings. The highest BCUT2D eigenvalue weighted by molar-refractivity contribution is 6.54. The molecule has 0 bridgehead atoms. The third-order valence-corrected chi connectivity index (χ3v) is 4.22. The van der Waals surface area contributed by atoms with Gasteiger partial charge < -0.3 is 23.5 Å². The Kier molecular flexibility index (Phi) is 4.65. The second-order valence-electron chi connectivity index (χ2n) is 6.50. The topological polar surface area (TPSA) is 63.2 Å². The van der Waals surface area contributed by atoms with Gasteiger partial charge in [-0.3, -0.25) is 4.79 Å². The molecule has 1 fully saturated rings. The Balaban J connectivity index is 1.93. The van der Waals surface area contributed by atoms with E-state index in [1.807, 2.05) is 34.6 Å². The van der Waals surface area contributed by atoms with Crippen molar-refractivity contribution in [1.29, 1.82) is 0 Å². The first-order valence-corrected chi connectivity index (χ1v) is 7.14. The maximum Gasteiger partial charge on any atom is 0.496 e. The van der Waals surface area contributed by atoms with Gasteiger partial charge in [-0.15, -0.1) is 0 Å². The van der Waals surface area contributed by atoms with E-state index in [0.717, 1.165) is 5.47 Å². The minimum atomic E-state index is -0.461. The minimum Gasteiger partial charge on any atom is -0.473 e. The second kappa shape index (κ2) is 5.98. The summed E-state index contributed by atoms with van der Waals surface area (Å²) in [5.74, 6) is -0.0497. The molecule has 0 N–H and O–H groups in total. The van der Waals surface area contributed by atoms with Gasteiger partial charge in [-0.05, 0) is 27.7 Å². The molecule has 0 aromatic carbocycles. The number of hydrogen-bond acceptors (Lipinski definition) is 6. The third-order valence-electron chi connectivity index (χ3n) is 4.22. The molecular weight excluding hydrogens is 275 g/mol. The van der Waals surface area contributed by atoms with Crippen LogP contribution in [-0.2, 0) is 28.3 Å². The van der Waals surface area contributed by atoms with Crippen molar-refractivity contribution in [3.63, 3.8) is 0 Å². The molecule has 2 rings (SSSR count). The van der Waals surface area contributed by atoms with Crippen LogP contribution in [0.2, 0.25) is 0 Å². The van der Waals surface area contributed by atoms with Crippen LogP contribution in [0.5, 0.6) is 0 Å². The summed E-state index contributed by atoms with van der Waals surface area (Å²) in [5, 5.41) is 0. The van der Waals surface area contributed by atoms with Gasteiger partial charge in [0, 0.05) is 5.47 Å². The largest absolute Gasteiger partial charge is 0.496 e. The molecule has 2 heterocycles. The molecule has 1 saturated heterocycles. The monoisotopic (exact) mass is 298 g/mol. The molecule has 21 heavy (non-hydrogen) atoms. The fourth-order valence-corrected chi connectivity index (χ4v) is 2.09. The van der Waals surface area contributed by atoms with Crippen LogP contribution >= 0.6 is 0 Å². The van der Waals surface area contributed by atoms with E-state index in [0.29, 0.717) is 13.1 Å². The van der Waals surface area contributed by atoms with E-state index in [4.69, 9.17) is 23.5 Å². The highest BCUT2D eigenvalue weighted by atomic mass is 16.7. The molecule has 0 amide bonds. The van der Waals surface area contributed by atoms with E-state index in [9.17, 15) is 4.79 Å². The number of rotatable bonds is 5. The molecule has 0 spiro atoms. The lowest BCUT2D eigenvalue weighted by molar-refractivity contribution is -0.158. The summed E-state index contributed by atoms with van der Waals surface area (Å²) in [7, 11) is -0.461. The molecule has 118 valence electrons.